The van der Waals surface area contributed by atoms with Crippen LogP contribution < -0.4 is 5.32 Å². The molecule has 1 aromatic rings. The summed E-state index contributed by atoms with van der Waals surface area (Å²) in [4.78, 5) is 14.6. The molecule has 0 aromatic heterocycles. The van der Waals surface area contributed by atoms with E-state index in [2.05, 4.69) is 5.32 Å². The van der Waals surface area contributed by atoms with Gasteiger partial charge in [0.05, 0.1) is 0 Å². The first-order valence-corrected chi connectivity index (χ1v) is 8.06. The summed E-state index contributed by atoms with van der Waals surface area (Å²) in [5.74, 6) is 0.865. The minimum Gasteiger partial charge on any atom is -0.341 e. The number of carbonyl (C=O) groups excluding carboxylic acids is 1. The fraction of sp³-hybridized carbons (Fsp3) is 0.533. The lowest BCUT2D eigenvalue weighted by Gasteiger charge is -2.22. The minimum atomic E-state index is -0.0606. The van der Waals surface area contributed by atoms with Gasteiger partial charge in [-0.2, -0.15) is 0 Å². The molecule has 0 saturated carbocycles. The number of hydrogen-bond acceptors (Lipinski definition) is 3. The number of thioether (sulfide) groups is 1. The van der Waals surface area contributed by atoms with Gasteiger partial charge in [0.25, 0.3) is 0 Å². The monoisotopic (exact) mass is 278 g/mol. The largest absolute Gasteiger partial charge is 0.341 e. The molecule has 2 rings (SSSR count). The van der Waals surface area contributed by atoms with E-state index in [1.807, 2.05) is 48.5 Å². The summed E-state index contributed by atoms with van der Waals surface area (Å²) in [5.41, 5.74) is 1.11. The number of likely N-dealkylation sites (tertiary alicyclic amines) is 1. The van der Waals surface area contributed by atoms with Gasteiger partial charge in [0.15, 0.2) is 0 Å². The summed E-state index contributed by atoms with van der Waals surface area (Å²) >= 11 is 1.63. The molecule has 1 aliphatic rings. The molecule has 2 atom stereocenters. The normalized spacial score (nSPS) is 20.5. The molecule has 4 heteroatoms. The number of benzene rings is 1. The predicted molar refractivity (Wildman–Crippen MR) is 81.3 cm³/mol. The summed E-state index contributed by atoms with van der Waals surface area (Å²) in [5, 5.41) is 3.14. The Morgan fingerprint density at radius 3 is 2.84 bits per heavy atom. The van der Waals surface area contributed by atoms with Crippen molar-refractivity contribution in [2.75, 3.05) is 32.9 Å². The summed E-state index contributed by atoms with van der Waals surface area (Å²) in [6, 6.07) is 10.1. The zero-order valence-electron chi connectivity index (χ0n) is 11.6. The van der Waals surface area contributed by atoms with E-state index in [9.17, 15) is 4.79 Å². The molecule has 3 nitrogen and oxygen atoms in total. The second-order valence-electron chi connectivity index (χ2n) is 5.02. The lowest BCUT2D eigenvalue weighted by atomic mass is 10.1. The van der Waals surface area contributed by atoms with Crippen LogP contribution in [0.2, 0.25) is 0 Å². The molecule has 1 aromatic carbocycles. The highest BCUT2D eigenvalue weighted by molar-refractivity contribution is 7.99. The predicted octanol–water partition coefficient (Wildman–Crippen LogP) is 2.16. The van der Waals surface area contributed by atoms with Crippen LogP contribution in [0.1, 0.15) is 17.2 Å². The van der Waals surface area contributed by atoms with E-state index in [0.29, 0.717) is 5.92 Å². The topological polar surface area (TPSA) is 32.3 Å². The lowest BCUT2D eigenvalue weighted by molar-refractivity contribution is -0.129. The molecule has 1 N–H and O–H groups in total. The lowest BCUT2D eigenvalue weighted by Crippen LogP contribution is -2.33. The summed E-state index contributed by atoms with van der Waals surface area (Å²) < 4.78 is 0. The van der Waals surface area contributed by atoms with E-state index in [1.54, 1.807) is 11.8 Å². The third kappa shape index (κ3) is 3.51. The van der Waals surface area contributed by atoms with Gasteiger partial charge in [-0.25, -0.2) is 0 Å². The molecule has 0 radical (unpaired) electrons. The Morgan fingerprint density at radius 2 is 2.21 bits per heavy atom. The van der Waals surface area contributed by atoms with Crippen LogP contribution in [0.25, 0.3) is 0 Å². The number of rotatable bonds is 5. The van der Waals surface area contributed by atoms with Crippen molar-refractivity contribution in [1.29, 1.82) is 0 Å². The Kier molecular flexibility index (Phi) is 5.28. The Labute approximate surface area is 119 Å². The fourth-order valence-electron chi connectivity index (χ4n) is 2.66. The molecule has 2 unspecified atom stereocenters. The number of nitrogens with one attached hydrogen (secondary N) is 1. The minimum absolute atomic E-state index is 0.0606. The van der Waals surface area contributed by atoms with Crippen molar-refractivity contribution in [2.24, 2.45) is 5.92 Å². The first-order valence-electron chi connectivity index (χ1n) is 6.77. The average Bonchev–Trinajstić information content (AvgIpc) is 2.90. The second kappa shape index (κ2) is 6.96. The first-order chi connectivity index (χ1) is 9.26. The Hall–Kier alpha value is -1.00. The zero-order chi connectivity index (χ0) is 13.7. The van der Waals surface area contributed by atoms with E-state index in [4.69, 9.17) is 0 Å². The molecule has 1 amide bonds. The van der Waals surface area contributed by atoms with Crippen molar-refractivity contribution in [2.45, 2.75) is 11.7 Å². The van der Waals surface area contributed by atoms with Gasteiger partial charge in [0, 0.05) is 13.1 Å². The van der Waals surface area contributed by atoms with E-state index in [-0.39, 0.29) is 11.2 Å². The van der Waals surface area contributed by atoms with E-state index in [1.165, 1.54) is 0 Å². The molecule has 1 heterocycles. The number of amides is 1. The van der Waals surface area contributed by atoms with Crippen LogP contribution in [-0.2, 0) is 4.79 Å². The van der Waals surface area contributed by atoms with Crippen molar-refractivity contribution in [1.82, 2.24) is 10.2 Å². The molecule has 19 heavy (non-hydrogen) atoms. The van der Waals surface area contributed by atoms with Crippen LogP contribution in [0.5, 0.6) is 0 Å². The van der Waals surface area contributed by atoms with Crippen molar-refractivity contribution >= 4 is 17.7 Å². The maximum absolute atomic E-state index is 12.6. The third-order valence-electron chi connectivity index (χ3n) is 3.65. The van der Waals surface area contributed by atoms with Crippen LogP contribution in [0, 0.1) is 5.92 Å². The SMILES string of the molecule is CNCC1CCN(C(=O)C(SC)c2ccccc2)C1. The molecule has 1 saturated heterocycles. The number of hydrogen-bond donors (Lipinski definition) is 1. The fourth-order valence-corrected chi connectivity index (χ4v) is 3.44. The molecule has 0 aliphatic carbocycles. The smallest absolute Gasteiger partial charge is 0.240 e. The van der Waals surface area contributed by atoms with E-state index < -0.39 is 0 Å². The molecular weight excluding hydrogens is 256 g/mol. The van der Waals surface area contributed by atoms with E-state index in [0.717, 1.165) is 31.6 Å². The first kappa shape index (κ1) is 14.4. The van der Waals surface area contributed by atoms with Gasteiger partial charge >= 0.3 is 0 Å². The van der Waals surface area contributed by atoms with Crippen molar-refractivity contribution in [3.8, 4) is 0 Å². The third-order valence-corrected chi connectivity index (χ3v) is 4.60. The van der Waals surface area contributed by atoms with Gasteiger partial charge < -0.3 is 10.2 Å². The summed E-state index contributed by atoms with van der Waals surface area (Å²) in [6.07, 6.45) is 3.12. The number of carbonyl (C=O) groups is 1. The van der Waals surface area contributed by atoms with Gasteiger partial charge in [-0.3, -0.25) is 4.79 Å². The van der Waals surface area contributed by atoms with Crippen LogP contribution in [-0.4, -0.2) is 43.7 Å². The van der Waals surface area contributed by atoms with Crippen LogP contribution in [0.15, 0.2) is 30.3 Å². The Morgan fingerprint density at radius 1 is 1.47 bits per heavy atom. The highest BCUT2D eigenvalue weighted by Gasteiger charge is 2.30. The number of nitrogens with zero attached hydrogens (tertiary/aromatic N) is 1. The van der Waals surface area contributed by atoms with E-state index >= 15 is 0 Å². The van der Waals surface area contributed by atoms with Crippen molar-refractivity contribution in [3.63, 3.8) is 0 Å². The zero-order valence-corrected chi connectivity index (χ0v) is 12.5. The highest BCUT2D eigenvalue weighted by atomic mass is 32.2. The molecular formula is C15H22N2OS. The molecule has 1 aliphatic heterocycles. The van der Waals surface area contributed by atoms with Crippen molar-refractivity contribution in [3.05, 3.63) is 35.9 Å². The summed E-state index contributed by atoms with van der Waals surface area (Å²) in [6.45, 7) is 2.79. The Bertz CT molecular complexity index is 410. The second-order valence-corrected chi connectivity index (χ2v) is 5.97. The highest BCUT2D eigenvalue weighted by Crippen LogP contribution is 2.30. The van der Waals surface area contributed by atoms with Gasteiger partial charge in [-0.15, -0.1) is 11.8 Å². The van der Waals surface area contributed by atoms with Gasteiger partial charge in [0.2, 0.25) is 5.91 Å². The van der Waals surface area contributed by atoms with Gasteiger partial charge in [-0.05, 0) is 37.8 Å². The standard InChI is InChI=1S/C15H22N2OS/c1-16-10-12-8-9-17(11-12)15(18)14(19-2)13-6-4-3-5-7-13/h3-7,12,14,16H,8-11H2,1-2H3. The van der Waals surface area contributed by atoms with Crippen molar-refractivity contribution < 1.29 is 4.79 Å². The van der Waals surface area contributed by atoms with Gasteiger partial charge in [-0.1, -0.05) is 30.3 Å². The van der Waals surface area contributed by atoms with Crippen LogP contribution >= 0.6 is 11.8 Å². The average molecular weight is 278 g/mol. The Balaban J connectivity index is 2.02. The molecule has 104 valence electrons. The van der Waals surface area contributed by atoms with Gasteiger partial charge in [0.1, 0.15) is 5.25 Å². The molecule has 0 spiro atoms. The van der Waals surface area contributed by atoms with Crippen LogP contribution in [0.3, 0.4) is 0 Å². The maximum atomic E-state index is 12.6. The maximum Gasteiger partial charge on any atom is 0.240 e. The molecule has 0 bridgehead atoms. The quantitative estimate of drug-likeness (QED) is 0.896. The molecule has 1 fully saturated rings. The van der Waals surface area contributed by atoms with Crippen LogP contribution in [0.4, 0.5) is 0 Å². The summed E-state index contributed by atoms with van der Waals surface area (Å²) in [7, 11) is 1.97.